The van der Waals surface area contributed by atoms with Gasteiger partial charge in [0.1, 0.15) is 23.9 Å². The Kier molecular flexibility index (Phi) is 4.47. The summed E-state index contributed by atoms with van der Waals surface area (Å²) < 4.78 is 23.0. The minimum Gasteiger partial charge on any atom is -0.442 e. The summed E-state index contributed by atoms with van der Waals surface area (Å²) in [6.07, 6.45) is 4.85. The van der Waals surface area contributed by atoms with Crippen LogP contribution in [0.5, 0.6) is 0 Å². The Balaban J connectivity index is 1.51. The number of hydrogen-bond donors (Lipinski definition) is 1. The highest BCUT2D eigenvalue weighted by molar-refractivity contribution is 5.89. The zero-order chi connectivity index (χ0) is 19.7. The van der Waals surface area contributed by atoms with Gasteiger partial charge in [-0.05, 0) is 25.1 Å². The molecule has 2 aromatic heterocycles. The van der Waals surface area contributed by atoms with E-state index in [-0.39, 0.29) is 12.2 Å². The summed E-state index contributed by atoms with van der Waals surface area (Å²) in [5.74, 6) is -0.537. The van der Waals surface area contributed by atoms with Crippen molar-refractivity contribution >= 4 is 18.0 Å². The Bertz CT molecular complexity index is 1050. The predicted octanol–water partition coefficient (Wildman–Crippen LogP) is 1.74. The predicted molar refractivity (Wildman–Crippen MR) is 95.3 cm³/mol. The van der Waals surface area contributed by atoms with Crippen LogP contribution < -0.4 is 4.90 Å². The number of aromatic nitrogens is 5. The Morgan fingerprint density at radius 1 is 1.43 bits per heavy atom. The number of oxime groups is 1. The summed E-state index contributed by atoms with van der Waals surface area (Å²) in [5.41, 5.74) is 1.78. The van der Waals surface area contributed by atoms with Gasteiger partial charge in [0, 0.05) is 12.4 Å². The third-order valence-electron chi connectivity index (χ3n) is 4.23. The maximum absolute atomic E-state index is 14.6. The normalized spacial score (nSPS) is 16.9. The molecule has 3 heterocycles. The second kappa shape index (κ2) is 7.10. The standard InChI is InChI=1S/C17H16FN7O3/c1-11-6-24(22-21-11)8-14-9-25(17(26)28-14)13-2-3-16(15(18)4-13)23-7-12(5-20-27)19-10-23/h2-7,10,14,27H,8-9H2,1H3/t14-/m0/s1. The molecule has 1 aromatic carbocycles. The van der Waals surface area contributed by atoms with Crippen LogP contribution in [0.15, 0.2) is 42.1 Å². The topological polar surface area (TPSA) is 111 Å². The summed E-state index contributed by atoms with van der Waals surface area (Å²) in [4.78, 5) is 17.6. The van der Waals surface area contributed by atoms with Crippen molar-refractivity contribution < 1.29 is 19.1 Å². The molecule has 0 spiro atoms. The third-order valence-corrected chi connectivity index (χ3v) is 4.23. The van der Waals surface area contributed by atoms with Gasteiger partial charge in [0.15, 0.2) is 0 Å². The summed E-state index contributed by atoms with van der Waals surface area (Å²) >= 11 is 0. The minimum absolute atomic E-state index is 0.246. The molecule has 3 aromatic rings. The largest absolute Gasteiger partial charge is 0.442 e. The summed E-state index contributed by atoms with van der Waals surface area (Å²) in [6.45, 7) is 2.47. The van der Waals surface area contributed by atoms with Crippen molar-refractivity contribution in [2.24, 2.45) is 5.16 Å². The molecular weight excluding hydrogens is 369 g/mol. The molecular formula is C17H16FN7O3. The molecule has 0 radical (unpaired) electrons. The van der Waals surface area contributed by atoms with Gasteiger partial charge in [0.25, 0.3) is 0 Å². The molecule has 4 rings (SSSR count). The van der Waals surface area contributed by atoms with Crippen molar-refractivity contribution in [1.29, 1.82) is 0 Å². The molecule has 1 amide bonds. The van der Waals surface area contributed by atoms with Crippen LogP contribution in [0.1, 0.15) is 11.4 Å². The van der Waals surface area contributed by atoms with Gasteiger partial charge in [-0.2, -0.15) is 0 Å². The summed E-state index contributed by atoms with van der Waals surface area (Å²) in [7, 11) is 0. The van der Waals surface area contributed by atoms with Crippen LogP contribution in [-0.2, 0) is 11.3 Å². The average Bonchev–Trinajstić information content (AvgIpc) is 3.37. The maximum atomic E-state index is 14.6. The van der Waals surface area contributed by atoms with Crippen molar-refractivity contribution in [1.82, 2.24) is 24.5 Å². The summed E-state index contributed by atoms with van der Waals surface area (Å²) in [6, 6.07) is 4.42. The van der Waals surface area contributed by atoms with E-state index in [1.807, 2.05) is 6.92 Å². The fourth-order valence-corrected chi connectivity index (χ4v) is 2.99. The molecule has 28 heavy (non-hydrogen) atoms. The van der Waals surface area contributed by atoms with Crippen LogP contribution in [0.25, 0.3) is 5.69 Å². The summed E-state index contributed by atoms with van der Waals surface area (Å²) in [5, 5.41) is 19.3. The molecule has 1 saturated heterocycles. The fraction of sp³-hybridized carbons (Fsp3) is 0.235. The molecule has 1 atom stereocenters. The molecule has 0 unspecified atom stereocenters. The van der Waals surface area contributed by atoms with Gasteiger partial charge in [0.05, 0.1) is 36.4 Å². The van der Waals surface area contributed by atoms with Crippen molar-refractivity contribution in [3.05, 3.63) is 54.1 Å². The first-order chi connectivity index (χ1) is 13.5. The number of halogens is 1. The number of carbonyl (C=O) groups is 1. The van der Waals surface area contributed by atoms with E-state index in [1.54, 1.807) is 16.9 Å². The monoisotopic (exact) mass is 385 g/mol. The molecule has 1 fully saturated rings. The lowest BCUT2D eigenvalue weighted by molar-refractivity contribution is 0.129. The highest BCUT2D eigenvalue weighted by Gasteiger charge is 2.33. The number of anilines is 1. The first kappa shape index (κ1) is 17.6. The molecule has 0 saturated carbocycles. The first-order valence-corrected chi connectivity index (χ1v) is 8.39. The van der Waals surface area contributed by atoms with Gasteiger partial charge in [-0.3, -0.25) is 4.90 Å². The molecule has 144 valence electrons. The lowest BCUT2D eigenvalue weighted by Crippen LogP contribution is -2.26. The Morgan fingerprint density at radius 2 is 2.29 bits per heavy atom. The number of nitrogens with zero attached hydrogens (tertiary/aromatic N) is 7. The lowest BCUT2D eigenvalue weighted by Gasteiger charge is -2.14. The van der Waals surface area contributed by atoms with Crippen LogP contribution in [-0.4, -0.2) is 54.7 Å². The molecule has 10 nitrogen and oxygen atoms in total. The fourth-order valence-electron chi connectivity index (χ4n) is 2.99. The Morgan fingerprint density at radius 3 is 3.00 bits per heavy atom. The van der Waals surface area contributed by atoms with Crippen LogP contribution >= 0.6 is 0 Å². The van der Waals surface area contributed by atoms with E-state index in [2.05, 4.69) is 20.5 Å². The number of hydrogen-bond acceptors (Lipinski definition) is 7. The second-order valence-corrected chi connectivity index (χ2v) is 6.28. The number of carbonyl (C=O) groups excluding carboxylic acids is 1. The smallest absolute Gasteiger partial charge is 0.414 e. The molecule has 0 bridgehead atoms. The third kappa shape index (κ3) is 3.41. The van der Waals surface area contributed by atoms with Crippen molar-refractivity contribution in [2.75, 3.05) is 11.4 Å². The zero-order valence-electron chi connectivity index (χ0n) is 14.8. The number of rotatable bonds is 5. The van der Waals surface area contributed by atoms with Gasteiger partial charge >= 0.3 is 6.09 Å². The van der Waals surface area contributed by atoms with E-state index in [9.17, 15) is 9.18 Å². The SMILES string of the molecule is Cc1cn(C[C@H]2CN(c3ccc(-n4cnc(C=NO)c4)c(F)c3)C(=O)O2)nn1. The average molecular weight is 385 g/mol. The Labute approximate surface area is 158 Å². The van der Waals surface area contributed by atoms with E-state index in [0.29, 0.717) is 17.9 Å². The number of imidazole rings is 1. The van der Waals surface area contributed by atoms with Crippen LogP contribution in [0.2, 0.25) is 0 Å². The zero-order valence-corrected chi connectivity index (χ0v) is 14.8. The van der Waals surface area contributed by atoms with Crippen LogP contribution in [0.4, 0.5) is 14.9 Å². The molecule has 1 aliphatic rings. The van der Waals surface area contributed by atoms with Gasteiger partial charge in [-0.1, -0.05) is 10.4 Å². The number of amides is 1. The highest BCUT2D eigenvalue weighted by atomic mass is 19.1. The molecule has 11 heteroatoms. The number of ether oxygens (including phenoxy) is 1. The van der Waals surface area contributed by atoms with E-state index < -0.39 is 18.0 Å². The first-order valence-electron chi connectivity index (χ1n) is 8.39. The lowest BCUT2D eigenvalue weighted by atomic mass is 10.2. The van der Waals surface area contributed by atoms with Crippen molar-refractivity contribution in [2.45, 2.75) is 19.6 Å². The number of benzene rings is 1. The molecule has 0 aliphatic carbocycles. The van der Waals surface area contributed by atoms with E-state index in [1.165, 1.54) is 34.1 Å². The van der Waals surface area contributed by atoms with Crippen molar-refractivity contribution in [3.63, 3.8) is 0 Å². The van der Waals surface area contributed by atoms with Crippen LogP contribution in [0.3, 0.4) is 0 Å². The molecule has 1 aliphatic heterocycles. The van der Waals surface area contributed by atoms with E-state index >= 15 is 0 Å². The van der Waals surface area contributed by atoms with Gasteiger partial charge in [-0.25, -0.2) is 18.9 Å². The van der Waals surface area contributed by atoms with Gasteiger partial charge < -0.3 is 14.5 Å². The number of cyclic esters (lactones) is 1. The number of aryl methyl sites for hydroxylation is 1. The Hall–Kier alpha value is -3.76. The van der Waals surface area contributed by atoms with Crippen LogP contribution in [0, 0.1) is 12.7 Å². The van der Waals surface area contributed by atoms with Gasteiger partial charge in [-0.15, -0.1) is 5.10 Å². The van der Waals surface area contributed by atoms with Gasteiger partial charge in [0.2, 0.25) is 0 Å². The molecule has 1 N–H and O–H groups in total. The maximum Gasteiger partial charge on any atom is 0.414 e. The second-order valence-electron chi connectivity index (χ2n) is 6.28. The highest BCUT2D eigenvalue weighted by Crippen LogP contribution is 2.26. The van der Waals surface area contributed by atoms with E-state index in [4.69, 9.17) is 9.94 Å². The minimum atomic E-state index is -0.543. The van der Waals surface area contributed by atoms with E-state index in [0.717, 1.165) is 11.9 Å². The quantitative estimate of drug-likeness (QED) is 0.407. The van der Waals surface area contributed by atoms with Crippen molar-refractivity contribution in [3.8, 4) is 5.69 Å².